The van der Waals surface area contributed by atoms with Crippen molar-refractivity contribution in [3.8, 4) is 5.75 Å². The Bertz CT molecular complexity index is 593. The van der Waals surface area contributed by atoms with Crippen LogP contribution in [0.25, 0.3) is 0 Å². The van der Waals surface area contributed by atoms with E-state index in [1.54, 1.807) is 0 Å². The molecule has 0 radical (unpaired) electrons. The molecule has 3 nitrogen and oxygen atoms in total. The van der Waals surface area contributed by atoms with E-state index in [2.05, 4.69) is 30.3 Å². The first kappa shape index (κ1) is 14.9. The molecule has 0 aliphatic carbocycles. The van der Waals surface area contributed by atoms with Gasteiger partial charge >= 0.3 is 0 Å². The van der Waals surface area contributed by atoms with Crippen LogP contribution >= 0.6 is 12.2 Å². The molecule has 0 saturated heterocycles. The van der Waals surface area contributed by atoms with Crippen LogP contribution in [0.5, 0.6) is 5.75 Å². The summed E-state index contributed by atoms with van der Waals surface area (Å²) in [5, 5.41) is 0. The third-order valence-corrected chi connectivity index (χ3v) is 3.51. The van der Waals surface area contributed by atoms with Gasteiger partial charge in [0.25, 0.3) is 0 Å². The molecule has 0 bridgehead atoms. The number of para-hydroxylation sites is 1. The topological polar surface area (TPSA) is 29.9 Å². The van der Waals surface area contributed by atoms with E-state index >= 15 is 0 Å². The van der Waals surface area contributed by atoms with E-state index in [4.69, 9.17) is 17.0 Å². The van der Waals surface area contributed by atoms with Crippen LogP contribution in [0.1, 0.15) is 32.9 Å². The van der Waals surface area contributed by atoms with Crippen molar-refractivity contribution in [2.45, 2.75) is 39.2 Å². The molecule has 0 aliphatic heterocycles. The number of hydrogen-bond donors (Lipinski definition) is 1. The van der Waals surface area contributed by atoms with Gasteiger partial charge in [0.1, 0.15) is 5.75 Å². The lowest BCUT2D eigenvalue weighted by Crippen LogP contribution is -2.18. The number of aromatic nitrogens is 2. The zero-order valence-corrected chi connectivity index (χ0v) is 13.2. The lowest BCUT2D eigenvalue weighted by atomic mass is 9.92. The predicted octanol–water partition coefficient (Wildman–Crippen LogP) is 4.31. The highest BCUT2D eigenvalue weighted by Gasteiger charge is 2.18. The average Bonchev–Trinajstić information content (AvgIpc) is 2.77. The van der Waals surface area contributed by atoms with Gasteiger partial charge in [-0.15, -0.1) is 0 Å². The fraction of sp³-hybridized carbons (Fsp3) is 0.438. The molecule has 0 saturated carbocycles. The fourth-order valence-electron chi connectivity index (χ4n) is 2.17. The summed E-state index contributed by atoms with van der Waals surface area (Å²) in [6, 6.07) is 9.90. The van der Waals surface area contributed by atoms with Gasteiger partial charge in [-0.1, -0.05) is 39.0 Å². The van der Waals surface area contributed by atoms with E-state index in [9.17, 15) is 0 Å². The van der Waals surface area contributed by atoms with E-state index in [-0.39, 0.29) is 5.41 Å². The Morgan fingerprint density at radius 2 is 1.90 bits per heavy atom. The Morgan fingerprint density at radius 3 is 2.55 bits per heavy atom. The first-order chi connectivity index (χ1) is 9.48. The van der Waals surface area contributed by atoms with Crippen LogP contribution in [0.4, 0.5) is 0 Å². The van der Waals surface area contributed by atoms with Crippen LogP contribution in [0, 0.1) is 4.77 Å². The van der Waals surface area contributed by atoms with Crippen molar-refractivity contribution in [3.63, 3.8) is 0 Å². The van der Waals surface area contributed by atoms with Crippen molar-refractivity contribution in [2.24, 2.45) is 0 Å². The van der Waals surface area contributed by atoms with Crippen molar-refractivity contribution in [2.75, 3.05) is 6.61 Å². The summed E-state index contributed by atoms with van der Waals surface area (Å²) in [7, 11) is 0. The van der Waals surface area contributed by atoms with Crippen LogP contribution in [-0.2, 0) is 12.0 Å². The summed E-state index contributed by atoms with van der Waals surface area (Å²) in [5.74, 6) is 0.918. The Labute approximate surface area is 125 Å². The number of hydrogen-bond acceptors (Lipinski definition) is 2. The van der Waals surface area contributed by atoms with Crippen molar-refractivity contribution < 1.29 is 4.74 Å². The van der Waals surface area contributed by atoms with Gasteiger partial charge in [0, 0.05) is 23.9 Å². The Balaban J connectivity index is 1.92. The minimum Gasteiger partial charge on any atom is -0.494 e. The van der Waals surface area contributed by atoms with Crippen LogP contribution in [-0.4, -0.2) is 16.2 Å². The summed E-state index contributed by atoms with van der Waals surface area (Å²) in [4.78, 5) is 3.14. The van der Waals surface area contributed by atoms with Gasteiger partial charge in [-0.2, -0.15) is 0 Å². The van der Waals surface area contributed by atoms with Gasteiger partial charge < -0.3 is 14.3 Å². The molecule has 0 spiro atoms. The molecule has 1 heterocycles. The molecule has 20 heavy (non-hydrogen) atoms. The molecule has 1 aromatic carbocycles. The minimum absolute atomic E-state index is 0.0911. The number of nitrogens with zero attached hydrogens (tertiary/aromatic N) is 1. The number of ether oxygens (including phenoxy) is 1. The second kappa shape index (κ2) is 6.27. The molecule has 0 aliphatic rings. The predicted molar refractivity (Wildman–Crippen MR) is 84.9 cm³/mol. The first-order valence-electron chi connectivity index (χ1n) is 6.95. The Morgan fingerprint density at radius 1 is 1.20 bits per heavy atom. The molecule has 0 atom stereocenters. The van der Waals surface area contributed by atoms with Gasteiger partial charge in [-0.25, -0.2) is 0 Å². The third kappa shape index (κ3) is 3.73. The van der Waals surface area contributed by atoms with Crippen molar-refractivity contribution in [1.82, 2.24) is 9.55 Å². The quantitative estimate of drug-likeness (QED) is 0.657. The maximum absolute atomic E-state index is 5.71. The monoisotopic (exact) mass is 290 g/mol. The van der Waals surface area contributed by atoms with Gasteiger partial charge in [-0.3, -0.25) is 0 Å². The molecule has 1 N–H and O–H groups in total. The highest BCUT2D eigenvalue weighted by atomic mass is 32.1. The second-order valence-electron chi connectivity index (χ2n) is 5.90. The lowest BCUT2D eigenvalue weighted by molar-refractivity contribution is 0.299. The fourth-order valence-corrected chi connectivity index (χ4v) is 2.42. The lowest BCUT2D eigenvalue weighted by Gasteiger charge is -2.20. The summed E-state index contributed by atoms with van der Waals surface area (Å²) in [5.41, 5.74) is 1.33. The Kier molecular flexibility index (Phi) is 4.65. The molecule has 0 unspecified atom stereocenters. The maximum atomic E-state index is 5.71. The molecular formula is C16H22N2OS. The molecule has 108 valence electrons. The zero-order chi connectivity index (χ0) is 14.6. The summed E-state index contributed by atoms with van der Waals surface area (Å²) in [6.45, 7) is 8.16. The second-order valence-corrected chi connectivity index (χ2v) is 6.28. The number of nitrogens with one attached hydrogen (secondary N) is 1. The van der Waals surface area contributed by atoms with Crippen LogP contribution in [0.15, 0.2) is 36.5 Å². The van der Waals surface area contributed by atoms with Crippen molar-refractivity contribution in [3.05, 3.63) is 47.0 Å². The number of rotatable bonds is 5. The smallest absolute Gasteiger partial charge is 0.177 e. The number of benzene rings is 1. The van der Waals surface area contributed by atoms with Gasteiger partial charge in [0.2, 0.25) is 0 Å². The molecular weight excluding hydrogens is 268 g/mol. The normalized spacial score (nSPS) is 11.6. The highest BCUT2D eigenvalue weighted by molar-refractivity contribution is 7.71. The standard InChI is InChI=1S/C16H22N2OS/c1-16(2,3)14-12-17-15(20)18(14)10-7-11-19-13-8-5-4-6-9-13/h4-6,8-9,12H,7,10-11H2,1-3H3,(H,17,20). The van der Waals surface area contributed by atoms with Crippen molar-refractivity contribution >= 4 is 12.2 Å². The van der Waals surface area contributed by atoms with Gasteiger partial charge in [0.15, 0.2) is 4.77 Å². The van der Waals surface area contributed by atoms with E-state index in [0.29, 0.717) is 6.61 Å². The van der Waals surface area contributed by atoms with E-state index in [0.717, 1.165) is 23.5 Å². The third-order valence-electron chi connectivity index (χ3n) is 3.17. The van der Waals surface area contributed by atoms with E-state index in [1.807, 2.05) is 36.5 Å². The van der Waals surface area contributed by atoms with E-state index in [1.165, 1.54) is 5.69 Å². The molecule has 1 aromatic heterocycles. The molecule has 2 aromatic rings. The molecule has 0 fully saturated rings. The van der Waals surface area contributed by atoms with Crippen LogP contribution in [0.2, 0.25) is 0 Å². The first-order valence-corrected chi connectivity index (χ1v) is 7.36. The van der Waals surface area contributed by atoms with Crippen LogP contribution in [0.3, 0.4) is 0 Å². The minimum atomic E-state index is 0.0911. The van der Waals surface area contributed by atoms with Crippen molar-refractivity contribution in [1.29, 1.82) is 0 Å². The summed E-state index contributed by atoms with van der Waals surface area (Å²) < 4.78 is 8.67. The highest BCUT2D eigenvalue weighted by Crippen LogP contribution is 2.22. The maximum Gasteiger partial charge on any atom is 0.177 e. The van der Waals surface area contributed by atoms with Gasteiger partial charge in [-0.05, 0) is 30.8 Å². The van der Waals surface area contributed by atoms with Crippen LogP contribution < -0.4 is 4.74 Å². The number of imidazole rings is 1. The Hall–Kier alpha value is -1.55. The summed E-state index contributed by atoms with van der Waals surface area (Å²) in [6.07, 6.45) is 2.95. The van der Waals surface area contributed by atoms with E-state index < -0.39 is 0 Å². The number of aromatic amines is 1. The average molecular weight is 290 g/mol. The zero-order valence-electron chi connectivity index (χ0n) is 12.3. The summed E-state index contributed by atoms with van der Waals surface area (Å²) >= 11 is 5.35. The molecule has 4 heteroatoms. The molecule has 0 amide bonds. The van der Waals surface area contributed by atoms with Gasteiger partial charge in [0.05, 0.1) is 6.61 Å². The number of H-pyrrole nitrogens is 1. The molecule has 2 rings (SSSR count). The SMILES string of the molecule is CC(C)(C)c1c[nH]c(=S)n1CCCOc1ccccc1. The largest absolute Gasteiger partial charge is 0.494 e.